The van der Waals surface area contributed by atoms with Crippen LogP contribution in [0.25, 0.3) is 0 Å². The SMILES string of the molecule is COc1ccc(C(C)(C)c2csc(NC(=O)c3ccc(N4CCNCC4)cn3)n2)cc1. The standard InChI is InChI=1S/C23H27N5O2S/c1-23(2,16-4-7-18(30-3)8-5-16)20-15-31-22(26-20)27-21(29)19-9-6-17(14-25-19)28-12-10-24-11-13-28/h4-9,14-15,24H,10-13H2,1-3H3,(H,26,27,29). The number of carbonyl (C=O) groups is 1. The van der Waals surface area contributed by atoms with Crippen LogP contribution in [-0.2, 0) is 5.41 Å². The summed E-state index contributed by atoms with van der Waals surface area (Å²) in [6.07, 6.45) is 1.76. The summed E-state index contributed by atoms with van der Waals surface area (Å²) in [5.41, 5.74) is 3.15. The Morgan fingerprint density at radius 2 is 1.90 bits per heavy atom. The maximum Gasteiger partial charge on any atom is 0.276 e. The average Bonchev–Trinajstić information content (AvgIpc) is 3.29. The molecule has 2 aromatic heterocycles. The van der Waals surface area contributed by atoms with Gasteiger partial charge in [0.05, 0.1) is 24.7 Å². The molecule has 31 heavy (non-hydrogen) atoms. The molecule has 1 aliphatic rings. The summed E-state index contributed by atoms with van der Waals surface area (Å²) in [6, 6.07) is 11.7. The molecule has 1 fully saturated rings. The van der Waals surface area contributed by atoms with E-state index in [1.165, 1.54) is 11.3 Å². The van der Waals surface area contributed by atoms with Crippen molar-refractivity contribution in [1.82, 2.24) is 15.3 Å². The number of hydrogen-bond donors (Lipinski definition) is 2. The zero-order valence-corrected chi connectivity index (χ0v) is 18.8. The molecule has 0 unspecified atom stereocenters. The van der Waals surface area contributed by atoms with Gasteiger partial charge in [-0.05, 0) is 29.8 Å². The van der Waals surface area contributed by atoms with Gasteiger partial charge in [-0.15, -0.1) is 11.3 Å². The highest BCUT2D eigenvalue weighted by molar-refractivity contribution is 7.14. The Hall–Kier alpha value is -2.97. The van der Waals surface area contributed by atoms with Crippen molar-refractivity contribution in [2.75, 3.05) is 43.5 Å². The van der Waals surface area contributed by atoms with Crippen molar-refractivity contribution in [3.63, 3.8) is 0 Å². The fourth-order valence-electron chi connectivity index (χ4n) is 3.57. The molecular weight excluding hydrogens is 410 g/mol. The van der Waals surface area contributed by atoms with E-state index in [0.29, 0.717) is 10.8 Å². The van der Waals surface area contributed by atoms with Crippen LogP contribution in [0, 0.1) is 0 Å². The normalized spacial score (nSPS) is 14.4. The van der Waals surface area contributed by atoms with E-state index in [-0.39, 0.29) is 11.3 Å². The number of aromatic nitrogens is 2. The first-order chi connectivity index (χ1) is 15.0. The third-order valence-corrected chi connectivity index (χ3v) is 6.40. The van der Waals surface area contributed by atoms with Crippen LogP contribution in [-0.4, -0.2) is 49.2 Å². The third-order valence-electron chi connectivity index (χ3n) is 5.64. The molecular formula is C23H27N5O2S. The lowest BCUT2D eigenvalue weighted by atomic mass is 9.82. The van der Waals surface area contributed by atoms with Crippen molar-refractivity contribution >= 4 is 28.1 Å². The van der Waals surface area contributed by atoms with Gasteiger partial charge in [0.25, 0.3) is 5.91 Å². The Balaban J connectivity index is 1.43. The number of nitrogens with zero attached hydrogens (tertiary/aromatic N) is 3. The fraction of sp³-hybridized carbons (Fsp3) is 0.348. The molecule has 4 rings (SSSR count). The summed E-state index contributed by atoms with van der Waals surface area (Å²) in [5, 5.41) is 8.76. The maximum atomic E-state index is 12.7. The van der Waals surface area contributed by atoms with Crippen molar-refractivity contribution in [3.8, 4) is 5.75 Å². The molecule has 3 aromatic rings. The van der Waals surface area contributed by atoms with Crippen LogP contribution in [0.1, 0.15) is 35.6 Å². The number of carbonyl (C=O) groups excluding carboxylic acids is 1. The molecule has 2 N–H and O–H groups in total. The van der Waals surface area contributed by atoms with Crippen LogP contribution in [0.3, 0.4) is 0 Å². The molecule has 1 aliphatic heterocycles. The first-order valence-corrected chi connectivity index (χ1v) is 11.2. The van der Waals surface area contributed by atoms with E-state index in [4.69, 9.17) is 4.74 Å². The van der Waals surface area contributed by atoms with Gasteiger partial charge < -0.3 is 15.0 Å². The number of pyridine rings is 1. The molecule has 1 aromatic carbocycles. The number of methoxy groups -OCH3 is 1. The highest BCUT2D eigenvalue weighted by atomic mass is 32.1. The smallest absolute Gasteiger partial charge is 0.276 e. The molecule has 0 saturated carbocycles. The van der Waals surface area contributed by atoms with Crippen LogP contribution < -0.4 is 20.3 Å². The zero-order valence-electron chi connectivity index (χ0n) is 18.0. The highest BCUT2D eigenvalue weighted by Gasteiger charge is 2.26. The second-order valence-corrected chi connectivity index (χ2v) is 8.84. The molecule has 1 saturated heterocycles. The molecule has 162 valence electrons. The van der Waals surface area contributed by atoms with Gasteiger partial charge in [-0.2, -0.15) is 0 Å². The lowest BCUT2D eigenvalue weighted by Gasteiger charge is -2.29. The first-order valence-electron chi connectivity index (χ1n) is 10.3. The zero-order chi connectivity index (χ0) is 21.8. The van der Waals surface area contributed by atoms with Crippen molar-refractivity contribution in [1.29, 1.82) is 0 Å². The Morgan fingerprint density at radius 3 is 2.55 bits per heavy atom. The minimum Gasteiger partial charge on any atom is -0.497 e. The number of amides is 1. The van der Waals surface area contributed by atoms with Gasteiger partial charge in [-0.3, -0.25) is 10.1 Å². The number of ether oxygens (including phenoxy) is 1. The number of piperazine rings is 1. The number of nitrogens with one attached hydrogen (secondary N) is 2. The van der Waals surface area contributed by atoms with Crippen molar-refractivity contribution in [2.24, 2.45) is 0 Å². The van der Waals surface area contributed by atoms with Gasteiger partial charge in [0, 0.05) is 37.0 Å². The monoisotopic (exact) mass is 437 g/mol. The summed E-state index contributed by atoms with van der Waals surface area (Å²) < 4.78 is 5.25. The van der Waals surface area contributed by atoms with Crippen LogP contribution in [0.2, 0.25) is 0 Å². The first kappa shape index (κ1) is 21.3. The minimum atomic E-state index is -0.297. The van der Waals surface area contributed by atoms with Crippen LogP contribution in [0.5, 0.6) is 5.75 Å². The second kappa shape index (κ2) is 9.03. The molecule has 0 bridgehead atoms. The Morgan fingerprint density at radius 1 is 1.16 bits per heavy atom. The summed E-state index contributed by atoms with van der Waals surface area (Å²) >= 11 is 1.42. The predicted molar refractivity (Wildman–Crippen MR) is 125 cm³/mol. The van der Waals surface area contributed by atoms with Gasteiger partial charge in [0.15, 0.2) is 5.13 Å². The molecule has 0 aliphatic carbocycles. The number of thiazole rings is 1. The predicted octanol–water partition coefficient (Wildman–Crippen LogP) is 3.53. The van der Waals surface area contributed by atoms with E-state index in [1.807, 2.05) is 35.7 Å². The van der Waals surface area contributed by atoms with Gasteiger partial charge in [-0.25, -0.2) is 9.97 Å². The summed E-state index contributed by atoms with van der Waals surface area (Å²) in [6.45, 7) is 8.04. The molecule has 8 heteroatoms. The fourth-order valence-corrected chi connectivity index (χ4v) is 4.44. The van der Waals surface area contributed by atoms with Gasteiger partial charge in [-0.1, -0.05) is 26.0 Å². The molecule has 0 spiro atoms. The molecule has 7 nitrogen and oxygen atoms in total. The van der Waals surface area contributed by atoms with Gasteiger partial charge >= 0.3 is 0 Å². The third kappa shape index (κ3) is 4.70. The van der Waals surface area contributed by atoms with Crippen molar-refractivity contribution in [2.45, 2.75) is 19.3 Å². The Bertz CT molecular complexity index is 1020. The Kier molecular flexibility index (Phi) is 6.20. The van der Waals surface area contributed by atoms with E-state index in [9.17, 15) is 4.79 Å². The van der Waals surface area contributed by atoms with E-state index in [0.717, 1.165) is 48.9 Å². The molecule has 0 atom stereocenters. The van der Waals surface area contributed by atoms with E-state index in [1.54, 1.807) is 19.4 Å². The quantitative estimate of drug-likeness (QED) is 0.614. The van der Waals surface area contributed by atoms with E-state index >= 15 is 0 Å². The summed E-state index contributed by atoms with van der Waals surface area (Å²) in [5.74, 6) is 0.566. The number of anilines is 2. The largest absolute Gasteiger partial charge is 0.497 e. The van der Waals surface area contributed by atoms with Crippen molar-refractivity contribution in [3.05, 3.63) is 64.9 Å². The van der Waals surface area contributed by atoms with E-state index < -0.39 is 0 Å². The summed E-state index contributed by atoms with van der Waals surface area (Å²) in [7, 11) is 1.66. The molecule has 1 amide bonds. The average molecular weight is 438 g/mol. The van der Waals surface area contributed by atoms with Crippen LogP contribution >= 0.6 is 11.3 Å². The lowest BCUT2D eigenvalue weighted by molar-refractivity contribution is 0.102. The van der Waals surface area contributed by atoms with Crippen LogP contribution in [0.4, 0.5) is 10.8 Å². The molecule has 3 heterocycles. The minimum absolute atomic E-state index is 0.255. The Labute approximate surface area is 186 Å². The number of benzene rings is 1. The lowest BCUT2D eigenvalue weighted by Crippen LogP contribution is -2.43. The van der Waals surface area contributed by atoms with Gasteiger partial charge in [0.1, 0.15) is 11.4 Å². The van der Waals surface area contributed by atoms with E-state index in [2.05, 4.69) is 39.3 Å². The van der Waals surface area contributed by atoms with Crippen molar-refractivity contribution < 1.29 is 9.53 Å². The maximum absolute atomic E-state index is 12.7. The second-order valence-electron chi connectivity index (χ2n) is 7.98. The summed E-state index contributed by atoms with van der Waals surface area (Å²) in [4.78, 5) is 24.0. The molecule has 0 radical (unpaired) electrons. The highest BCUT2D eigenvalue weighted by Crippen LogP contribution is 2.34. The number of rotatable bonds is 6. The van der Waals surface area contributed by atoms with Gasteiger partial charge in [0.2, 0.25) is 0 Å². The number of hydrogen-bond acceptors (Lipinski definition) is 7. The van der Waals surface area contributed by atoms with Crippen LogP contribution in [0.15, 0.2) is 48.0 Å². The topological polar surface area (TPSA) is 79.4 Å².